The Balaban J connectivity index is 2.57. The highest BCUT2D eigenvalue weighted by Crippen LogP contribution is 2.36. The summed E-state index contributed by atoms with van der Waals surface area (Å²) in [5.74, 6) is -1.10. The minimum Gasteiger partial charge on any atom is -0.457 e. The van der Waals surface area contributed by atoms with Crippen LogP contribution >= 0.6 is 0 Å². The van der Waals surface area contributed by atoms with E-state index in [9.17, 15) is 30.8 Å². The molecule has 2 aromatic carbocycles. The van der Waals surface area contributed by atoms with Crippen molar-refractivity contribution in [2.75, 3.05) is 0 Å². The van der Waals surface area contributed by atoms with Crippen molar-refractivity contribution in [2.24, 2.45) is 0 Å². The van der Waals surface area contributed by atoms with Gasteiger partial charge in [-0.3, -0.25) is 4.79 Å². The summed E-state index contributed by atoms with van der Waals surface area (Å²) in [6.45, 7) is 1.18. The highest BCUT2D eigenvalue weighted by atomic mass is 32.2. The van der Waals surface area contributed by atoms with Crippen LogP contribution in [0.4, 0.5) is 17.6 Å². The van der Waals surface area contributed by atoms with Crippen molar-refractivity contribution >= 4 is 16.1 Å². The first-order valence-corrected chi connectivity index (χ1v) is 8.28. The summed E-state index contributed by atoms with van der Waals surface area (Å²) < 4.78 is 80.1. The Labute approximate surface area is 145 Å². The van der Waals surface area contributed by atoms with Crippen LogP contribution < -0.4 is 4.74 Å². The number of carbonyl (C=O) groups is 1. The zero-order valence-corrected chi connectivity index (χ0v) is 13.8. The molecule has 0 saturated heterocycles. The average Bonchev–Trinajstić information content (AvgIpc) is 2.54. The summed E-state index contributed by atoms with van der Waals surface area (Å²) in [6, 6.07) is 6.22. The van der Waals surface area contributed by atoms with Crippen molar-refractivity contribution in [3.8, 4) is 17.6 Å². The van der Waals surface area contributed by atoms with Gasteiger partial charge in [-0.05, 0) is 31.2 Å². The number of rotatable bonds is 4. The molecule has 0 aliphatic rings. The molecule has 5 nitrogen and oxygen atoms in total. The molecule has 0 aliphatic carbocycles. The Morgan fingerprint density at radius 2 is 1.85 bits per heavy atom. The first-order chi connectivity index (χ1) is 12.0. The van der Waals surface area contributed by atoms with Crippen molar-refractivity contribution < 1.29 is 35.5 Å². The van der Waals surface area contributed by atoms with Gasteiger partial charge in [-0.25, -0.2) is 12.8 Å². The van der Waals surface area contributed by atoms with Gasteiger partial charge in [0.25, 0.3) is 9.84 Å². The van der Waals surface area contributed by atoms with E-state index >= 15 is 0 Å². The maximum absolute atomic E-state index is 13.4. The molecule has 0 bridgehead atoms. The number of carbonyl (C=O) groups excluding carboxylic acids is 1. The largest absolute Gasteiger partial charge is 0.501 e. The number of hydrogen-bond acceptors (Lipinski definition) is 5. The van der Waals surface area contributed by atoms with Gasteiger partial charge >= 0.3 is 5.51 Å². The molecule has 2 rings (SSSR count). The predicted molar refractivity (Wildman–Crippen MR) is 81.0 cm³/mol. The number of benzene rings is 2. The normalized spacial score (nSPS) is 11.7. The fourth-order valence-electron chi connectivity index (χ4n) is 2.11. The van der Waals surface area contributed by atoms with Crippen LogP contribution in [0.2, 0.25) is 0 Å². The number of nitriles is 1. The molecule has 0 heterocycles. The molecule has 0 unspecified atom stereocenters. The lowest BCUT2D eigenvalue weighted by molar-refractivity contribution is -0.0436. The number of ether oxygens (including phenoxy) is 1. The summed E-state index contributed by atoms with van der Waals surface area (Å²) >= 11 is 0. The third-order valence-electron chi connectivity index (χ3n) is 3.37. The topological polar surface area (TPSA) is 84.2 Å². The maximum atomic E-state index is 13.4. The lowest BCUT2D eigenvalue weighted by Crippen LogP contribution is -2.24. The summed E-state index contributed by atoms with van der Waals surface area (Å²) in [7, 11) is -5.74. The van der Waals surface area contributed by atoms with Gasteiger partial charge in [0.15, 0.2) is 6.29 Å². The van der Waals surface area contributed by atoms with E-state index in [1.54, 1.807) is 6.07 Å². The molecular weight excluding hydrogens is 378 g/mol. The zero-order valence-electron chi connectivity index (χ0n) is 13.0. The number of alkyl halides is 3. The number of sulfone groups is 1. The summed E-state index contributed by atoms with van der Waals surface area (Å²) in [6.07, 6.45) is -0.0346. The van der Waals surface area contributed by atoms with Crippen LogP contribution in [0.1, 0.15) is 21.5 Å². The Morgan fingerprint density at radius 3 is 2.38 bits per heavy atom. The van der Waals surface area contributed by atoms with Crippen molar-refractivity contribution in [1.29, 1.82) is 5.26 Å². The third-order valence-corrected chi connectivity index (χ3v) is 4.91. The molecular formula is C16H9F4NO4S. The second-order valence-corrected chi connectivity index (χ2v) is 6.97. The van der Waals surface area contributed by atoms with E-state index in [2.05, 4.69) is 0 Å². The Hall–Kier alpha value is -2.93. The van der Waals surface area contributed by atoms with E-state index in [1.165, 1.54) is 13.0 Å². The van der Waals surface area contributed by atoms with Gasteiger partial charge in [0, 0.05) is 17.2 Å². The summed E-state index contributed by atoms with van der Waals surface area (Å²) in [5, 5.41) is 8.80. The van der Waals surface area contributed by atoms with Crippen LogP contribution in [-0.4, -0.2) is 20.2 Å². The van der Waals surface area contributed by atoms with Crippen molar-refractivity contribution in [3.05, 3.63) is 52.8 Å². The van der Waals surface area contributed by atoms with Gasteiger partial charge in [0.05, 0.1) is 16.5 Å². The summed E-state index contributed by atoms with van der Waals surface area (Å²) in [4.78, 5) is 9.98. The van der Waals surface area contributed by atoms with Gasteiger partial charge in [-0.1, -0.05) is 0 Å². The Bertz CT molecular complexity index is 1020. The Kier molecular flexibility index (Phi) is 5.04. The van der Waals surface area contributed by atoms with E-state index < -0.39 is 31.6 Å². The maximum Gasteiger partial charge on any atom is 0.501 e. The van der Waals surface area contributed by atoms with Crippen LogP contribution in [0.15, 0.2) is 35.2 Å². The zero-order chi connectivity index (χ0) is 19.7. The van der Waals surface area contributed by atoms with Crippen LogP contribution in [0.5, 0.6) is 11.5 Å². The second kappa shape index (κ2) is 6.76. The average molecular weight is 387 g/mol. The molecule has 0 fully saturated rings. The first kappa shape index (κ1) is 19.4. The molecule has 26 heavy (non-hydrogen) atoms. The fraction of sp³-hybridized carbons (Fsp3) is 0.125. The molecule has 0 saturated carbocycles. The van der Waals surface area contributed by atoms with E-state index in [-0.39, 0.29) is 28.9 Å². The molecule has 136 valence electrons. The first-order valence-electron chi connectivity index (χ1n) is 6.80. The van der Waals surface area contributed by atoms with Gasteiger partial charge in [-0.2, -0.15) is 18.4 Å². The lowest BCUT2D eigenvalue weighted by atomic mass is 10.1. The van der Waals surface area contributed by atoms with E-state index in [1.807, 2.05) is 0 Å². The molecule has 2 aromatic rings. The van der Waals surface area contributed by atoms with Gasteiger partial charge in [-0.15, -0.1) is 0 Å². The third kappa shape index (κ3) is 3.52. The van der Waals surface area contributed by atoms with Crippen LogP contribution in [-0.2, 0) is 9.84 Å². The van der Waals surface area contributed by atoms with Crippen molar-refractivity contribution in [2.45, 2.75) is 17.3 Å². The molecule has 0 radical (unpaired) electrons. The van der Waals surface area contributed by atoms with Crippen molar-refractivity contribution in [3.63, 3.8) is 0 Å². The van der Waals surface area contributed by atoms with Gasteiger partial charge < -0.3 is 4.74 Å². The van der Waals surface area contributed by atoms with E-state index in [0.717, 1.165) is 18.2 Å². The lowest BCUT2D eigenvalue weighted by Gasteiger charge is -2.15. The monoisotopic (exact) mass is 387 g/mol. The molecule has 0 N–H and O–H groups in total. The molecule has 0 atom stereocenters. The highest BCUT2D eigenvalue weighted by molar-refractivity contribution is 7.92. The molecule has 0 spiro atoms. The smallest absolute Gasteiger partial charge is 0.457 e. The number of aldehydes is 1. The Morgan fingerprint density at radius 1 is 1.19 bits per heavy atom. The van der Waals surface area contributed by atoms with Crippen LogP contribution in [0.3, 0.4) is 0 Å². The number of nitrogens with zero attached hydrogens (tertiary/aromatic N) is 1. The van der Waals surface area contributed by atoms with Crippen molar-refractivity contribution in [1.82, 2.24) is 0 Å². The predicted octanol–water partition coefficient (Wildman–Crippen LogP) is 3.90. The molecule has 10 heteroatoms. The molecule has 0 aliphatic heterocycles. The minimum atomic E-state index is -5.74. The van der Waals surface area contributed by atoms with Gasteiger partial charge in [0.2, 0.25) is 0 Å². The van der Waals surface area contributed by atoms with Crippen LogP contribution in [0, 0.1) is 24.1 Å². The molecule has 0 amide bonds. The summed E-state index contributed by atoms with van der Waals surface area (Å²) in [5.41, 5.74) is -6.56. The SMILES string of the molecule is Cc1c(Oc2cc(F)cc(C#N)c2)ccc(S(=O)(=O)C(F)(F)F)c1C=O. The van der Waals surface area contributed by atoms with E-state index in [0.29, 0.717) is 6.07 Å². The fourth-order valence-corrected chi connectivity index (χ4v) is 3.10. The quantitative estimate of drug-likeness (QED) is 0.587. The molecule has 0 aromatic heterocycles. The van der Waals surface area contributed by atoms with Gasteiger partial charge in [0.1, 0.15) is 17.3 Å². The second-order valence-electron chi connectivity index (χ2n) is 5.06. The minimum absolute atomic E-state index is 0.0346. The highest BCUT2D eigenvalue weighted by Gasteiger charge is 2.48. The van der Waals surface area contributed by atoms with Crippen LogP contribution in [0.25, 0.3) is 0 Å². The standard InChI is InChI=1S/C16H9F4NO4S/c1-9-13(8-22)15(26(23,24)16(18,19)20)3-2-14(9)25-12-5-10(7-21)4-11(17)6-12/h2-6,8H,1H3. The number of halogens is 4. The van der Waals surface area contributed by atoms with E-state index in [4.69, 9.17) is 10.00 Å². The number of hydrogen-bond donors (Lipinski definition) is 0.